The highest BCUT2D eigenvalue weighted by Gasteiger charge is 2.16. The predicted molar refractivity (Wildman–Crippen MR) is 72.6 cm³/mol. The zero-order chi connectivity index (χ0) is 13.8. The molecule has 1 fully saturated rings. The van der Waals surface area contributed by atoms with Gasteiger partial charge in [0, 0.05) is 36.8 Å². The number of halogens is 1. The van der Waals surface area contributed by atoms with Gasteiger partial charge in [0.25, 0.3) is 5.56 Å². The van der Waals surface area contributed by atoms with Gasteiger partial charge in [-0.05, 0) is 22.0 Å². The second kappa shape index (κ2) is 6.31. The highest BCUT2D eigenvalue weighted by Crippen LogP contribution is 2.12. The Morgan fingerprint density at radius 2 is 2.05 bits per heavy atom. The quantitative estimate of drug-likeness (QED) is 0.877. The number of hydrogen-bond acceptors (Lipinski definition) is 4. The molecule has 104 valence electrons. The number of hydrogen-bond donors (Lipinski definition) is 1. The number of carbonyl (C=O) groups is 1. The molecule has 6 nitrogen and oxygen atoms in total. The molecule has 1 N–H and O–H groups in total. The Hall–Kier alpha value is -1.18. The molecule has 0 saturated carbocycles. The lowest BCUT2D eigenvalue weighted by molar-refractivity contribution is 0.0362. The number of rotatable bonds is 4. The normalized spacial score (nSPS) is 16.5. The summed E-state index contributed by atoms with van der Waals surface area (Å²) >= 11 is 3.09. The van der Waals surface area contributed by atoms with E-state index in [-0.39, 0.29) is 5.56 Å². The van der Waals surface area contributed by atoms with E-state index in [0.29, 0.717) is 30.8 Å². The summed E-state index contributed by atoms with van der Waals surface area (Å²) in [7, 11) is 0. The lowest BCUT2D eigenvalue weighted by Gasteiger charge is -2.26. The molecule has 0 radical (unpaired) electrons. The van der Waals surface area contributed by atoms with Crippen molar-refractivity contribution in [3.8, 4) is 0 Å². The van der Waals surface area contributed by atoms with Crippen molar-refractivity contribution in [2.75, 3.05) is 32.8 Å². The largest absolute Gasteiger partial charge is 0.477 e. The van der Waals surface area contributed by atoms with Gasteiger partial charge < -0.3 is 14.4 Å². The summed E-state index contributed by atoms with van der Waals surface area (Å²) in [4.78, 5) is 25.2. The fraction of sp³-hybridized carbons (Fsp3) is 0.500. The summed E-state index contributed by atoms with van der Waals surface area (Å²) in [6.07, 6.45) is 1.61. The lowest BCUT2D eigenvalue weighted by atomic mass is 10.3. The van der Waals surface area contributed by atoms with Gasteiger partial charge in [-0.1, -0.05) is 0 Å². The van der Waals surface area contributed by atoms with E-state index in [1.807, 2.05) is 0 Å². The average Bonchev–Trinajstić information content (AvgIpc) is 2.38. The third kappa shape index (κ3) is 3.43. The minimum atomic E-state index is -1.21. The molecule has 0 bridgehead atoms. The van der Waals surface area contributed by atoms with Gasteiger partial charge in [0.05, 0.1) is 13.2 Å². The second-order valence-electron chi connectivity index (χ2n) is 4.30. The highest BCUT2D eigenvalue weighted by molar-refractivity contribution is 9.10. The molecule has 0 spiro atoms. The summed E-state index contributed by atoms with van der Waals surface area (Å²) in [5.41, 5.74) is -0.695. The molecule has 19 heavy (non-hydrogen) atoms. The third-order valence-corrected chi connectivity index (χ3v) is 3.75. The Morgan fingerprint density at radius 3 is 2.68 bits per heavy atom. The van der Waals surface area contributed by atoms with Crippen molar-refractivity contribution < 1.29 is 14.6 Å². The number of morpholine rings is 1. The summed E-state index contributed by atoms with van der Waals surface area (Å²) in [5.74, 6) is -1.21. The molecule has 2 heterocycles. The van der Waals surface area contributed by atoms with Crippen LogP contribution in [0.4, 0.5) is 0 Å². The zero-order valence-electron chi connectivity index (χ0n) is 10.3. The molecular formula is C12H15BrN2O4. The number of aromatic nitrogens is 1. The third-order valence-electron chi connectivity index (χ3n) is 3.09. The summed E-state index contributed by atoms with van der Waals surface area (Å²) in [6.45, 7) is 4.29. The number of carboxylic acid groups (broad SMARTS) is 1. The van der Waals surface area contributed by atoms with Crippen LogP contribution in [0.1, 0.15) is 10.4 Å². The molecule has 0 aromatic carbocycles. The van der Waals surface area contributed by atoms with Crippen LogP contribution in [0.25, 0.3) is 0 Å². The molecule has 1 aromatic rings. The second-order valence-corrected chi connectivity index (χ2v) is 5.15. The van der Waals surface area contributed by atoms with Crippen molar-refractivity contribution in [3.63, 3.8) is 0 Å². The monoisotopic (exact) mass is 330 g/mol. The number of aromatic carboxylic acids is 1. The molecule has 1 aromatic heterocycles. The Labute approximate surface area is 118 Å². The van der Waals surface area contributed by atoms with Crippen molar-refractivity contribution in [2.45, 2.75) is 6.54 Å². The first-order chi connectivity index (χ1) is 9.09. The highest BCUT2D eigenvalue weighted by atomic mass is 79.9. The minimum absolute atomic E-state index is 0.218. The molecule has 0 unspecified atom stereocenters. The molecule has 2 rings (SSSR count). The van der Waals surface area contributed by atoms with E-state index < -0.39 is 11.5 Å². The number of ether oxygens (including phenoxy) is 1. The molecule has 1 aliphatic rings. The Bertz CT molecular complexity index is 523. The number of pyridine rings is 1. The van der Waals surface area contributed by atoms with E-state index in [0.717, 1.165) is 13.1 Å². The predicted octanol–water partition coefficient (Wildman–Crippen LogP) is 0.641. The van der Waals surface area contributed by atoms with Gasteiger partial charge >= 0.3 is 5.97 Å². The smallest absolute Gasteiger partial charge is 0.342 e. The molecule has 1 saturated heterocycles. The van der Waals surface area contributed by atoms with Gasteiger partial charge in [-0.3, -0.25) is 9.69 Å². The fourth-order valence-electron chi connectivity index (χ4n) is 2.00. The van der Waals surface area contributed by atoms with E-state index in [9.17, 15) is 9.59 Å². The Kier molecular flexibility index (Phi) is 4.73. The average molecular weight is 331 g/mol. The molecule has 0 amide bonds. The van der Waals surface area contributed by atoms with Gasteiger partial charge in [-0.2, -0.15) is 0 Å². The number of nitrogens with zero attached hydrogens (tertiary/aromatic N) is 2. The Balaban J connectivity index is 2.10. The molecule has 1 aliphatic heterocycles. The topological polar surface area (TPSA) is 71.8 Å². The van der Waals surface area contributed by atoms with Crippen LogP contribution in [-0.4, -0.2) is 53.4 Å². The van der Waals surface area contributed by atoms with Crippen LogP contribution < -0.4 is 5.56 Å². The lowest BCUT2D eigenvalue weighted by Crippen LogP contribution is -2.39. The standard InChI is InChI=1S/C12H15BrN2O4/c13-9-1-2-15(11(16)10(9)12(17)18)4-3-14-5-7-19-8-6-14/h1-2H,3-8H2,(H,17,18). The molecule has 7 heteroatoms. The van der Waals surface area contributed by atoms with Gasteiger partial charge in [0.15, 0.2) is 0 Å². The first kappa shape index (κ1) is 14.2. The van der Waals surface area contributed by atoms with Crippen LogP contribution in [0.5, 0.6) is 0 Å². The van der Waals surface area contributed by atoms with Crippen LogP contribution in [0.2, 0.25) is 0 Å². The van der Waals surface area contributed by atoms with Crippen molar-refractivity contribution >= 4 is 21.9 Å². The summed E-state index contributed by atoms with van der Waals surface area (Å²) < 4.78 is 6.99. The Morgan fingerprint density at radius 1 is 1.37 bits per heavy atom. The molecule has 0 aliphatic carbocycles. The SMILES string of the molecule is O=C(O)c1c(Br)ccn(CCN2CCOCC2)c1=O. The van der Waals surface area contributed by atoms with Crippen LogP contribution in [-0.2, 0) is 11.3 Å². The first-order valence-electron chi connectivity index (χ1n) is 6.02. The van der Waals surface area contributed by atoms with Crippen molar-refractivity contribution in [2.24, 2.45) is 0 Å². The molecule has 0 atom stereocenters. The fourth-order valence-corrected chi connectivity index (χ4v) is 2.45. The maximum absolute atomic E-state index is 12.0. The van der Waals surface area contributed by atoms with E-state index in [1.54, 1.807) is 12.3 Å². The maximum atomic E-state index is 12.0. The van der Waals surface area contributed by atoms with E-state index >= 15 is 0 Å². The van der Waals surface area contributed by atoms with Crippen LogP contribution in [0.3, 0.4) is 0 Å². The maximum Gasteiger partial charge on any atom is 0.342 e. The summed E-state index contributed by atoms with van der Waals surface area (Å²) in [5, 5.41) is 9.02. The first-order valence-corrected chi connectivity index (χ1v) is 6.81. The zero-order valence-corrected chi connectivity index (χ0v) is 11.9. The van der Waals surface area contributed by atoms with Crippen LogP contribution >= 0.6 is 15.9 Å². The number of carboxylic acids is 1. The van der Waals surface area contributed by atoms with Gasteiger partial charge in [-0.25, -0.2) is 4.79 Å². The molecular weight excluding hydrogens is 316 g/mol. The summed E-state index contributed by atoms with van der Waals surface area (Å²) in [6, 6.07) is 1.59. The van der Waals surface area contributed by atoms with E-state index in [4.69, 9.17) is 9.84 Å². The van der Waals surface area contributed by atoms with Gasteiger partial charge in [0.2, 0.25) is 0 Å². The van der Waals surface area contributed by atoms with E-state index in [2.05, 4.69) is 20.8 Å². The van der Waals surface area contributed by atoms with Crippen LogP contribution in [0, 0.1) is 0 Å². The van der Waals surface area contributed by atoms with Gasteiger partial charge in [-0.15, -0.1) is 0 Å². The van der Waals surface area contributed by atoms with Crippen LogP contribution in [0.15, 0.2) is 21.5 Å². The van der Waals surface area contributed by atoms with Crippen molar-refractivity contribution in [1.29, 1.82) is 0 Å². The van der Waals surface area contributed by atoms with Gasteiger partial charge in [0.1, 0.15) is 5.56 Å². The minimum Gasteiger partial charge on any atom is -0.477 e. The van der Waals surface area contributed by atoms with E-state index in [1.165, 1.54) is 4.57 Å². The van der Waals surface area contributed by atoms with Crippen molar-refractivity contribution in [3.05, 3.63) is 32.7 Å². The van der Waals surface area contributed by atoms with Crippen molar-refractivity contribution in [1.82, 2.24) is 9.47 Å².